The molecule has 0 saturated carbocycles. The van der Waals surface area contributed by atoms with E-state index >= 15 is 0 Å². The fourth-order valence-electron chi connectivity index (χ4n) is 1.98. The van der Waals surface area contributed by atoms with Crippen molar-refractivity contribution < 1.29 is 17.9 Å². The maximum atomic E-state index is 11.2. The van der Waals surface area contributed by atoms with Gasteiger partial charge in [0.25, 0.3) is 9.05 Å². The van der Waals surface area contributed by atoms with Crippen molar-refractivity contribution in [3.63, 3.8) is 0 Å². The summed E-state index contributed by atoms with van der Waals surface area (Å²) in [5, 5.41) is 0.230. The van der Waals surface area contributed by atoms with Gasteiger partial charge in [-0.25, -0.2) is 8.42 Å². The molecule has 1 aromatic carbocycles. The summed E-state index contributed by atoms with van der Waals surface area (Å²) in [5.74, 6) is 0.260. The van der Waals surface area contributed by atoms with E-state index in [1.54, 1.807) is 0 Å². The van der Waals surface area contributed by atoms with Gasteiger partial charge < -0.3 is 9.47 Å². The summed E-state index contributed by atoms with van der Waals surface area (Å²) in [7, 11) is 1.37. The molecular formula is C12H13Cl3O4S. The van der Waals surface area contributed by atoms with Gasteiger partial charge in [0.2, 0.25) is 0 Å². The molecule has 2 rings (SSSR count). The fraction of sp³-hybridized carbons (Fsp3) is 0.500. The van der Waals surface area contributed by atoms with Gasteiger partial charge in [0.1, 0.15) is 0 Å². The van der Waals surface area contributed by atoms with Crippen LogP contribution in [0.2, 0.25) is 10.0 Å². The van der Waals surface area contributed by atoms with Crippen molar-refractivity contribution in [3.8, 4) is 5.75 Å². The summed E-state index contributed by atoms with van der Waals surface area (Å²) in [6, 6.07) is 2.44. The smallest absolute Gasteiger partial charge is 0.261 e. The van der Waals surface area contributed by atoms with Gasteiger partial charge in [-0.15, -0.1) is 0 Å². The first-order valence-corrected chi connectivity index (χ1v) is 9.12. The van der Waals surface area contributed by atoms with Gasteiger partial charge in [0.05, 0.1) is 27.7 Å². The van der Waals surface area contributed by atoms with Crippen molar-refractivity contribution in [1.82, 2.24) is 0 Å². The van der Waals surface area contributed by atoms with Crippen LogP contribution in [0.4, 0.5) is 0 Å². The monoisotopic (exact) mass is 358 g/mol. The summed E-state index contributed by atoms with van der Waals surface area (Å²) < 4.78 is 33.4. The Hall–Kier alpha value is -0.200. The molecule has 1 aliphatic rings. The van der Waals surface area contributed by atoms with Crippen LogP contribution in [0.3, 0.4) is 0 Å². The predicted molar refractivity (Wildman–Crippen MR) is 78.6 cm³/mol. The number of hydrogen-bond donors (Lipinski definition) is 0. The Morgan fingerprint density at radius 1 is 1.30 bits per heavy atom. The summed E-state index contributed by atoms with van der Waals surface area (Å²) >= 11 is 11.9. The van der Waals surface area contributed by atoms with Crippen LogP contribution in [0.5, 0.6) is 5.75 Å². The van der Waals surface area contributed by atoms with Crippen LogP contribution in [0.25, 0.3) is 0 Å². The highest BCUT2D eigenvalue weighted by molar-refractivity contribution is 8.13. The van der Waals surface area contributed by atoms with E-state index in [-0.39, 0.29) is 26.8 Å². The van der Waals surface area contributed by atoms with Gasteiger partial charge in [0, 0.05) is 23.7 Å². The highest BCUT2D eigenvalue weighted by atomic mass is 35.7. The van der Waals surface area contributed by atoms with Gasteiger partial charge in [-0.05, 0) is 25.0 Å². The van der Waals surface area contributed by atoms with Crippen LogP contribution >= 0.6 is 33.9 Å². The molecule has 0 N–H and O–H groups in total. The number of rotatable bonds is 5. The summed E-state index contributed by atoms with van der Waals surface area (Å²) in [6.45, 7) is 1.19. The van der Waals surface area contributed by atoms with E-state index in [2.05, 4.69) is 0 Å². The maximum Gasteiger partial charge on any atom is 0.261 e. The van der Waals surface area contributed by atoms with E-state index in [1.165, 1.54) is 12.1 Å². The average Bonchev–Trinajstić information content (AvgIpc) is 2.84. The van der Waals surface area contributed by atoms with Crippen molar-refractivity contribution in [2.45, 2.75) is 30.3 Å². The fourth-order valence-corrected chi connectivity index (χ4v) is 3.49. The molecule has 1 aliphatic heterocycles. The van der Waals surface area contributed by atoms with E-state index in [0.717, 1.165) is 25.9 Å². The van der Waals surface area contributed by atoms with Gasteiger partial charge in [-0.3, -0.25) is 0 Å². The predicted octanol–water partition coefficient (Wildman–Crippen LogP) is 3.87. The third kappa shape index (κ3) is 4.15. The zero-order chi connectivity index (χ0) is 14.8. The Kier molecular flexibility index (Phi) is 5.42. The molecule has 112 valence electrons. The minimum Gasteiger partial charge on any atom is -0.490 e. The van der Waals surface area contributed by atoms with E-state index in [9.17, 15) is 8.42 Å². The Balaban J connectivity index is 2.04. The zero-order valence-electron chi connectivity index (χ0n) is 10.4. The van der Waals surface area contributed by atoms with Crippen LogP contribution in [0.15, 0.2) is 17.0 Å². The quantitative estimate of drug-likeness (QED) is 0.749. The van der Waals surface area contributed by atoms with Gasteiger partial charge >= 0.3 is 0 Å². The molecule has 0 aromatic heterocycles. The van der Waals surface area contributed by atoms with E-state index in [1.807, 2.05) is 0 Å². The van der Waals surface area contributed by atoms with E-state index < -0.39 is 9.05 Å². The molecule has 1 unspecified atom stereocenters. The SMILES string of the molecule is O=S(=O)(Cl)c1cc(Cl)c(OCCC2CCCO2)c(Cl)c1. The number of hydrogen-bond acceptors (Lipinski definition) is 4. The Morgan fingerprint density at radius 3 is 2.45 bits per heavy atom. The molecule has 1 saturated heterocycles. The van der Waals surface area contributed by atoms with Crippen molar-refractivity contribution in [2.24, 2.45) is 0 Å². The van der Waals surface area contributed by atoms with E-state index in [4.69, 9.17) is 43.4 Å². The first-order valence-electron chi connectivity index (χ1n) is 6.06. The molecule has 1 aromatic rings. The second-order valence-corrected chi connectivity index (χ2v) is 7.81. The van der Waals surface area contributed by atoms with Gasteiger partial charge in [0.15, 0.2) is 5.75 Å². The minimum atomic E-state index is -3.87. The van der Waals surface area contributed by atoms with Crippen molar-refractivity contribution >= 4 is 42.9 Å². The average molecular weight is 360 g/mol. The Labute approximate surface area is 132 Å². The molecule has 1 heterocycles. The first kappa shape index (κ1) is 16.2. The summed E-state index contributed by atoms with van der Waals surface area (Å²) in [5.41, 5.74) is 0. The molecule has 0 spiro atoms. The van der Waals surface area contributed by atoms with Crippen molar-refractivity contribution in [3.05, 3.63) is 22.2 Å². The third-order valence-electron chi connectivity index (χ3n) is 2.96. The number of benzene rings is 1. The Bertz CT molecular complexity index is 559. The standard InChI is InChI=1S/C12H13Cl3O4S/c13-10-6-9(20(15,16)17)7-11(14)12(10)19-5-3-8-2-1-4-18-8/h6-8H,1-5H2. The van der Waals surface area contributed by atoms with Crippen LogP contribution < -0.4 is 4.74 Å². The first-order chi connectivity index (χ1) is 9.38. The highest BCUT2D eigenvalue weighted by Crippen LogP contribution is 2.36. The Morgan fingerprint density at radius 2 is 1.95 bits per heavy atom. The molecule has 1 atom stereocenters. The van der Waals surface area contributed by atoms with Crippen LogP contribution in [-0.4, -0.2) is 27.7 Å². The summed E-state index contributed by atoms with van der Waals surface area (Å²) in [6.07, 6.45) is 3.03. The topological polar surface area (TPSA) is 52.6 Å². The van der Waals surface area contributed by atoms with Crippen LogP contribution in [-0.2, 0) is 13.8 Å². The lowest BCUT2D eigenvalue weighted by Crippen LogP contribution is -2.11. The second kappa shape index (κ2) is 6.71. The van der Waals surface area contributed by atoms with Gasteiger partial charge in [-0.1, -0.05) is 23.2 Å². The molecular weight excluding hydrogens is 347 g/mol. The van der Waals surface area contributed by atoms with Crippen LogP contribution in [0, 0.1) is 0 Å². The molecule has 8 heteroatoms. The maximum absolute atomic E-state index is 11.2. The lowest BCUT2D eigenvalue weighted by atomic mass is 10.2. The van der Waals surface area contributed by atoms with E-state index in [0.29, 0.717) is 6.61 Å². The summed E-state index contributed by atoms with van der Waals surface area (Å²) in [4.78, 5) is -0.152. The molecule has 0 bridgehead atoms. The number of ether oxygens (including phenoxy) is 2. The largest absolute Gasteiger partial charge is 0.490 e. The van der Waals surface area contributed by atoms with Crippen LogP contribution in [0.1, 0.15) is 19.3 Å². The third-order valence-corrected chi connectivity index (χ3v) is 4.86. The van der Waals surface area contributed by atoms with Gasteiger partial charge in [-0.2, -0.15) is 0 Å². The molecule has 20 heavy (non-hydrogen) atoms. The normalized spacial score (nSPS) is 19.2. The molecule has 1 fully saturated rings. The molecule has 0 aliphatic carbocycles. The van der Waals surface area contributed by atoms with Crippen molar-refractivity contribution in [2.75, 3.05) is 13.2 Å². The highest BCUT2D eigenvalue weighted by Gasteiger charge is 2.19. The lowest BCUT2D eigenvalue weighted by Gasteiger charge is -2.13. The zero-order valence-corrected chi connectivity index (χ0v) is 13.5. The molecule has 4 nitrogen and oxygen atoms in total. The molecule has 0 amide bonds. The lowest BCUT2D eigenvalue weighted by molar-refractivity contribution is 0.0904. The number of halogens is 3. The van der Waals surface area contributed by atoms with Crippen molar-refractivity contribution in [1.29, 1.82) is 0 Å². The second-order valence-electron chi connectivity index (χ2n) is 4.43. The minimum absolute atomic E-state index is 0.115. The molecule has 0 radical (unpaired) electrons.